The number of nitrogens with zero attached hydrogens (tertiary/aromatic N) is 1. The minimum Gasteiger partial charge on any atom is -0.353 e. The molecule has 92 valence electrons. The number of para-hydroxylation sites is 1. The van der Waals surface area contributed by atoms with E-state index >= 15 is 0 Å². The molecule has 1 aromatic carbocycles. The summed E-state index contributed by atoms with van der Waals surface area (Å²) in [5, 5.41) is 3.88. The van der Waals surface area contributed by atoms with Crippen LogP contribution < -0.4 is 5.32 Å². The number of hydrogen-bond donors (Lipinski definition) is 1. The van der Waals surface area contributed by atoms with Gasteiger partial charge >= 0.3 is 0 Å². The lowest BCUT2D eigenvalue weighted by molar-refractivity contribution is -0.120. The number of benzene rings is 1. The molecule has 0 aliphatic heterocycles. The maximum atomic E-state index is 11.5. The van der Waals surface area contributed by atoms with Crippen LogP contribution in [-0.4, -0.2) is 17.4 Å². The molecule has 0 radical (unpaired) electrons. The SMILES string of the molecule is C=CCNC(=O)CCc1ccc2ccccc2n1. The normalized spacial score (nSPS) is 10.2. The highest BCUT2D eigenvalue weighted by Crippen LogP contribution is 2.12. The topological polar surface area (TPSA) is 42.0 Å². The van der Waals surface area contributed by atoms with Gasteiger partial charge in [0.15, 0.2) is 0 Å². The van der Waals surface area contributed by atoms with Gasteiger partial charge in [0.25, 0.3) is 0 Å². The lowest BCUT2D eigenvalue weighted by Gasteiger charge is -2.03. The largest absolute Gasteiger partial charge is 0.353 e. The van der Waals surface area contributed by atoms with Gasteiger partial charge in [-0.25, -0.2) is 0 Å². The Morgan fingerprint density at radius 2 is 2.11 bits per heavy atom. The number of carbonyl (C=O) groups is 1. The molecule has 0 aliphatic carbocycles. The summed E-state index contributed by atoms with van der Waals surface area (Å²) < 4.78 is 0. The fourth-order valence-corrected chi connectivity index (χ4v) is 1.76. The molecular weight excluding hydrogens is 224 g/mol. The predicted molar refractivity (Wildman–Crippen MR) is 73.3 cm³/mol. The fourth-order valence-electron chi connectivity index (χ4n) is 1.76. The van der Waals surface area contributed by atoms with Crippen molar-refractivity contribution in [3.8, 4) is 0 Å². The third kappa shape index (κ3) is 3.17. The zero-order valence-corrected chi connectivity index (χ0v) is 10.2. The van der Waals surface area contributed by atoms with E-state index in [9.17, 15) is 4.79 Å². The zero-order valence-electron chi connectivity index (χ0n) is 10.2. The average Bonchev–Trinajstić information content (AvgIpc) is 2.42. The van der Waals surface area contributed by atoms with Gasteiger partial charge in [-0.1, -0.05) is 30.3 Å². The van der Waals surface area contributed by atoms with Crippen LogP contribution in [0, 0.1) is 0 Å². The quantitative estimate of drug-likeness (QED) is 0.816. The molecule has 18 heavy (non-hydrogen) atoms. The van der Waals surface area contributed by atoms with Gasteiger partial charge < -0.3 is 5.32 Å². The van der Waals surface area contributed by atoms with Gasteiger partial charge in [0.2, 0.25) is 5.91 Å². The van der Waals surface area contributed by atoms with Crippen LogP contribution in [0.5, 0.6) is 0 Å². The lowest BCUT2D eigenvalue weighted by atomic mass is 10.1. The molecule has 1 heterocycles. The Labute approximate surface area is 107 Å². The second kappa shape index (κ2) is 5.96. The first-order valence-electron chi connectivity index (χ1n) is 6.02. The summed E-state index contributed by atoms with van der Waals surface area (Å²) >= 11 is 0. The van der Waals surface area contributed by atoms with Crippen LogP contribution in [0.4, 0.5) is 0 Å². The highest BCUT2D eigenvalue weighted by Gasteiger charge is 2.02. The maximum Gasteiger partial charge on any atom is 0.220 e. The van der Waals surface area contributed by atoms with E-state index in [-0.39, 0.29) is 5.91 Å². The third-order valence-electron chi connectivity index (χ3n) is 2.71. The Morgan fingerprint density at radius 3 is 2.94 bits per heavy atom. The number of amides is 1. The van der Waals surface area contributed by atoms with Gasteiger partial charge in [-0.05, 0) is 18.6 Å². The number of carbonyl (C=O) groups excluding carboxylic acids is 1. The van der Waals surface area contributed by atoms with E-state index < -0.39 is 0 Å². The van der Waals surface area contributed by atoms with Crippen LogP contribution in [0.3, 0.4) is 0 Å². The van der Waals surface area contributed by atoms with Crippen molar-refractivity contribution in [1.29, 1.82) is 0 Å². The number of nitrogens with one attached hydrogen (secondary N) is 1. The molecule has 1 N–H and O–H groups in total. The van der Waals surface area contributed by atoms with Crippen molar-refractivity contribution in [2.75, 3.05) is 6.54 Å². The molecular formula is C15H16N2O. The second-order valence-electron chi connectivity index (χ2n) is 4.09. The van der Waals surface area contributed by atoms with E-state index in [0.717, 1.165) is 16.6 Å². The summed E-state index contributed by atoms with van der Waals surface area (Å²) in [6, 6.07) is 12.0. The van der Waals surface area contributed by atoms with Gasteiger partial charge in [-0.3, -0.25) is 9.78 Å². The summed E-state index contributed by atoms with van der Waals surface area (Å²) in [6.07, 6.45) is 2.79. The first kappa shape index (κ1) is 12.3. The van der Waals surface area contributed by atoms with Gasteiger partial charge in [-0.15, -0.1) is 6.58 Å². The molecule has 0 bridgehead atoms. The van der Waals surface area contributed by atoms with E-state index in [1.165, 1.54) is 0 Å². The highest BCUT2D eigenvalue weighted by molar-refractivity contribution is 5.79. The Kier molecular flexibility index (Phi) is 4.07. The maximum absolute atomic E-state index is 11.5. The molecule has 1 aromatic heterocycles. The zero-order chi connectivity index (χ0) is 12.8. The molecule has 0 unspecified atom stereocenters. The smallest absolute Gasteiger partial charge is 0.220 e. The van der Waals surface area contributed by atoms with Crippen LogP contribution in [0.25, 0.3) is 10.9 Å². The van der Waals surface area contributed by atoms with Gasteiger partial charge in [0.05, 0.1) is 5.52 Å². The number of rotatable bonds is 5. The molecule has 1 amide bonds. The summed E-state index contributed by atoms with van der Waals surface area (Å²) in [7, 11) is 0. The van der Waals surface area contributed by atoms with Crippen LogP contribution in [0.2, 0.25) is 0 Å². The molecule has 2 aromatic rings. The Morgan fingerprint density at radius 1 is 1.28 bits per heavy atom. The average molecular weight is 240 g/mol. The van der Waals surface area contributed by atoms with Crippen molar-refractivity contribution < 1.29 is 4.79 Å². The minimum atomic E-state index is 0.0323. The minimum absolute atomic E-state index is 0.0323. The van der Waals surface area contributed by atoms with Crippen LogP contribution >= 0.6 is 0 Å². The summed E-state index contributed by atoms with van der Waals surface area (Å²) in [6.45, 7) is 4.08. The third-order valence-corrected chi connectivity index (χ3v) is 2.71. The predicted octanol–water partition coefficient (Wildman–Crippen LogP) is 2.47. The molecule has 3 heteroatoms. The first-order chi connectivity index (χ1) is 8.79. The Hall–Kier alpha value is -2.16. The van der Waals surface area contributed by atoms with E-state index in [0.29, 0.717) is 19.4 Å². The van der Waals surface area contributed by atoms with Crippen LogP contribution in [-0.2, 0) is 11.2 Å². The molecule has 2 rings (SSSR count). The summed E-state index contributed by atoms with van der Waals surface area (Å²) in [5.41, 5.74) is 1.92. The molecule has 3 nitrogen and oxygen atoms in total. The van der Waals surface area contributed by atoms with E-state index in [1.807, 2.05) is 36.4 Å². The van der Waals surface area contributed by atoms with Gasteiger partial charge in [0.1, 0.15) is 0 Å². The van der Waals surface area contributed by atoms with Gasteiger partial charge in [0, 0.05) is 24.0 Å². The monoisotopic (exact) mass is 240 g/mol. The summed E-state index contributed by atoms with van der Waals surface area (Å²) in [5.74, 6) is 0.0323. The summed E-state index contributed by atoms with van der Waals surface area (Å²) in [4.78, 5) is 16.0. The van der Waals surface area contributed by atoms with Crippen molar-refractivity contribution in [2.24, 2.45) is 0 Å². The fraction of sp³-hybridized carbons (Fsp3) is 0.200. The molecule has 0 saturated heterocycles. The number of hydrogen-bond acceptors (Lipinski definition) is 2. The van der Waals surface area contributed by atoms with Crippen LogP contribution in [0.15, 0.2) is 49.1 Å². The van der Waals surface area contributed by atoms with E-state index in [4.69, 9.17) is 0 Å². The molecule has 0 spiro atoms. The number of fused-ring (bicyclic) bond motifs is 1. The number of aromatic nitrogens is 1. The standard InChI is InChI=1S/C15H16N2O/c1-2-11-16-15(18)10-9-13-8-7-12-5-3-4-6-14(12)17-13/h2-8H,1,9-11H2,(H,16,18). The first-order valence-corrected chi connectivity index (χ1v) is 6.02. The second-order valence-corrected chi connectivity index (χ2v) is 4.09. The van der Waals surface area contributed by atoms with Crippen molar-refractivity contribution >= 4 is 16.8 Å². The molecule has 0 aliphatic rings. The van der Waals surface area contributed by atoms with Crippen molar-refractivity contribution in [3.63, 3.8) is 0 Å². The lowest BCUT2D eigenvalue weighted by Crippen LogP contribution is -2.23. The molecule has 0 saturated carbocycles. The van der Waals surface area contributed by atoms with Crippen molar-refractivity contribution in [1.82, 2.24) is 10.3 Å². The molecule has 0 fully saturated rings. The van der Waals surface area contributed by atoms with Gasteiger partial charge in [-0.2, -0.15) is 0 Å². The number of aryl methyl sites for hydroxylation is 1. The number of pyridine rings is 1. The molecule has 0 atom stereocenters. The van der Waals surface area contributed by atoms with E-state index in [1.54, 1.807) is 6.08 Å². The Bertz CT molecular complexity index is 563. The van der Waals surface area contributed by atoms with E-state index in [2.05, 4.69) is 16.9 Å². The highest BCUT2D eigenvalue weighted by atomic mass is 16.1. The van der Waals surface area contributed by atoms with Crippen LogP contribution in [0.1, 0.15) is 12.1 Å². The van der Waals surface area contributed by atoms with Crippen molar-refractivity contribution in [3.05, 3.63) is 54.7 Å². The van der Waals surface area contributed by atoms with Crippen molar-refractivity contribution in [2.45, 2.75) is 12.8 Å². The Balaban J connectivity index is 1.99.